The first-order valence-corrected chi connectivity index (χ1v) is 15.4. The Bertz CT molecular complexity index is 796. The summed E-state index contributed by atoms with van der Waals surface area (Å²) in [7, 11) is 0. The number of carbonyl (C=O) groups excluding carboxylic acids is 1. The van der Waals surface area contributed by atoms with Crippen molar-refractivity contribution in [2.24, 2.45) is 52.3 Å². The maximum Gasteiger partial charge on any atom is 0.415 e. The van der Waals surface area contributed by atoms with Crippen LogP contribution in [0.4, 0.5) is 8.78 Å². The van der Waals surface area contributed by atoms with Gasteiger partial charge in [-0.1, -0.05) is 58.9 Å². The number of hydrogen-bond acceptors (Lipinski definition) is 6. The van der Waals surface area contributed by atoms with Crippen molar-refractivity contribution in [3.8, 4) is 0 Å². The van der Waals surface area contributed by atoms with Gasteiger partial charge < -0.3 is 4.74 Å². The Morgan fingerprint density at radius 1 is 1.00 bits per heavy atom. The van der Waals surface area contributed by atoms with Gasteiger partial charge in [-0.05, 0) is 110 Å². The summed E-state index contributed by atoms with van der Waals surface area (Å²) in [6.45, 7) is 12.2. The second-order valence-electron chi connectivity index (χ2n) is 13.7. The maximum absolute atomic E-state index is 13.9. The molecule has 0 amide bonds. The minimum Gasteiger partial charge on any atom is -0.457 e. The Balaban J connectivity index is 1.37. The first-order chi connectivity index (χ1) is 17.4. The molecular formula is C29H48F2O5S. The van der Waals surface area contributed by atoms with Gasteiger partial charge in [-0.3, -0.25) is 0 Å². The molecule has 0 spiro atoms. The van der Waals surface area contributed by atoms with Crippen molar-refractivity contribution in [1.29, 1.82) is 0 Å². The van der Waals surface area contributed by atoms with E-state index in [2.05, 4.69) is 44.0 Å². The van der Waals surface area contributed by atoms with Gasteiger partial charge in [-0.15, -0.1) is 4.33 Å². The predicted molar refractivity (Wildman–Crippen MR) is 140 cm³/mol. The van der Waals surface area contributed by atoms with Crippen LogP contribution in [0, 0.1) is 52.3 Å². The first-order valence-electron chi connectivity index (χ1n) is 14.7. The molecule has 0 heterocycles. The Kier molecular flexibility index (Phi) is 9.25. The maximum atomic E-state index is 13.9. The summed E-state index contributed by atoms with van der Waals surface area (Å²) in [4.78, 5) is 12.0. The molecule has 8 heteroatoms. The van der Waals surface area contributed by atoms with Crippen LogP contribution in [-0.2, 0) is 18.9 Å². The molecule has 4 fully saturated rings. The molecule has 4 aliphatic carbocycles. The zero-order chi connectivity index (χ0) is 27.0. The van der Waals surface area contributed by atoms with Crippen molar-refractivity contribution in [3.63, 3.8) is 0 Å². The summed E-state index contributed by atoms with van der Waals surface area (Å²) in [6, 6.07) is 0. The van der Waals surface area contributed by atoms with E-state index in [1.807, 2.05) is 0 Å². The third kappa shape index (κ3) is 5.88. The van der Waals surface area contributed by atoms with E-state index in [-0.39, 0.29) is 5.41 Å². The second kappa shape index (κ2) is 11.6. The number of carbonyl (C=O) groups is 1. The number of rotatable bonds is 10. The van der Waals surface area contributed by atoms with Gasteiger partial charge in [0.2, 0.25) is 0 Å². The van der Waals surface area contributed by atoms with Crippen molar-refractivity contribution in [2.45, 2.75) is 123 Å². The molecule has 5 nitrogen and oxygen atoms in total. The van der Waals surface area contributed by atoms with Gasteiger partial charge in [0.15, 0.2) is 0 Å². The van der Waals surface area contributed by atoms with Crippen LogP contribution < -0.4 is 0 Å². The van der Waals surface area contributed by atoms with E-state index in [0.717, 1.165) is 42.4 Å². The van der Waals surface area contributed by atoms with E-state index >= 15 is 0 Å². The summed E-state index contributed by atoms with van der Waals surface area (Å²) in [5.41, 5.74) is 0.650. The van der Waals surface area contributed by atoms with Gasteiger partial charge in [0, 0.05) is 0 Å². The van der Waals surface area contributed by atoms with Crippen molar-refractivity contribution < 1.29 is 32.9 Å². The Labute approximate surface area is 226 Å². The third-order valence-electron chi connectivity index (χ3n) is 11.5. The molecular weight excluding hydrogens is 498 g/mol. The van der Waals surface area contributed by atoms with E-state index in [1.165, 1.54) is 51.4 Å². The quantitative estimate of drug-likeness (QED) is 0.128. The zero-order valence-electron chi connectivity index (χ0n) is 23.3. The molecule has 4 saturated carbocycles. The molecule has 4 aliphatic rings. The van der Waals surface area contributed by atoms with Crippen molar-refractivity contribution in [1.82, 2.24) is 0 Å². The molecule has 0 saturated heterocycles. The summed E-state index contributed by atoms with van der Waals surface area (Å²) in [5, 5.41) is 7.40. The average Bonchev–Trinajstić information content (AvgIpc) is 3.20. The van der Waals surface area contributed by atoms with Crippen LogP contribution in [0.2, 0.25) is 0 Å². The number of fused-ring (bicyclic) bond motifs is 5. The van der Waals surface area contributed by atoms with Crippen molar-refractivity contribution >= 4 is 18.0 Å². The molecule has 1 N–H and O–H groups in total. The molecule has 0 radical (unpaired) electrons. The minimum atomic E-state index is -3.93. The molecule has 0 aromatic rings. The van der Waals surface area contributed by atoms with Crippen LogP contribution in [-0.4, -0.2) is 22.6 Å². The van der Waals surface area contributed by atoms with Crippen molar-refractivity contribution in [3.05, 3.63) is 0 Å². The van der Waals surface area contributed by atoms with Gasteiger partial charge >= 0.3 is 11.2 Å². The zero-order valence-corrected chi connectivity index (χ0v) is 24.2. The summed E-state index contributed by atoms with van der Waals surface area (Å²) >= 11 is -0.552. The smallest absolute Gasteiger partial charge is 0.415 e. The van der Waals surface area contributed by atoms with E-state index in [9.17, 15) is 13.6 Å². The summed E-state index contributed by atoms with van der Waals surface area (Å²) < 4.78 is 36.8. The van der Waals surface area contributed by atoms with Gasteiger partial charge in [0.1, 0.15) is 18.1 Å². The molecule has 4 rings (SSSR count). The highest BCUT2D eigenvalue weighted by atomic mass is 32.2. The number of hydrogen-bond donors (Lipinski definition) is 1. The van der Waals surface area contributed by atoms with E-state index in [4.69, 9.17) is 9.99 Å². The van der Waals surface area contributed by atoms with Gasteiger partial charge in [0.05, 0.1) is 0 Å². The second-order valence-corrected chi connectivity index (χ2v) is 14.5. The van der Waals surface area contributed by atoms with Crippen molar-refractivity contribution in [2.75, 3.05) is 0 Å². The highest BCUT2D eigenvalue weighted by molar-refractivity contribution is 7.96. The molecule has 0 aliphatic heterocycles. The normalized spacial score (nSPS) is 40.6. The monoisotopic (exact) mass is 546 g/mol. The van der Waals surface area contributed by atoms with Crippen LogP contribution in [0.3, 0.4) is 0 Å². The molecule has 37 heavy (non-hydrogen) atoms. The number of halogens is 2. The number of ether oxygens (including phenoxy) is 1. The van der Waals surface area contributed by atoms with Crippen LogP contribution in [0.5, 0.6) is 0 Å². The highest BCUT2D eigenvalue weighted by Gasteiger charge is 2.61. The van der Waals surface area contributed by atoms with Crippen LogP contribution in [0.1, 0.15) is 112 Å². The van der Waals surface area contributed by atoms with Crippen LogP contribution in [0.25, 0.3) is 0 Å². The van der Waals surface area contributed by atoms with Gasteiger partial charge in [-0.25, -0.2) is 10.1 Å². The topological polar surface area (TPSA) is 65.0 Å². The summed E-state index contributed by atoms with van der Waals surface area (Å²) in [6.07, 6.45) is 13.4. The summed E-state index contributed by atoms with van der Waals surface area (Å²) in [5.74, 6) is 3.45. The standard InChI is InChI=1S/C29H48F2O5S/c1-18(2)7-6-8-19(3)23-11-12-24-22-10-9-20-17-21(34-26(32)29(30,31)37-36-35-33)13-15-27(20,4)25(22)14-16-28(23,24)5/h18-25,33H,6-17H2,1-5H3. The Morgan fingerprint density at radius 2 is 1.70 bits per heavy atom. The molecule has 0 aromatic heterocycles. The lowest BCUT2D eigenvalue weighted by atomic mass is 9.44. The average molecular weight is 547 g/mol. The largest absolute Gasteiger partial charge is 0.457 e. The number of alkyl halides is 2. The molecule has 0 aromatic carbocycles. The number of esters is 1. The van der Waals surface area contributed by atoms with E-state index in [0.29, 0.717) is 30.1 Å². The lowest BCUT2D eigenvalue weighted by Crippen LogP contribution is -2.54. The fraction of sp³-hybridized carbons (Fsp3) is 0.966. The fourth-order valence-corrected chi connectivity index (χ4v) is 9.89. The lowest BCUT2D eigenvalue weighted by molar-refractivity contribution is -0.433. The SMILES string of the molecule is CC(C)CCCC(C)C1CCC2C3CCC4CC(OC(=O)C(F)(F)SOOO)CCC4(C)C3CCC12C. The molecule has 0 bridgehead atoms. The molecule has 9 unspecified atom stereocenters. The van der Waals surface area contributed by atoms with Crippen LogP contribution in [0.15, 0.2) is 0 Å². The van der Waals surface area contributed by atoms with Gasteiger partial charge in [0.25, 0.3) is 0 Å². The molecule has 214 valence electrons. The highest BCUT2D eigenvalue weighted by Crippen LogP contribution is 2.68. The van der Waals surface area contributed by atoms with E-state index < -0.39 is 29.4 Å². The minimum absolute atomic E-state index is 0.194. The predicted octanol–water partition coefficient (Wildman–Crippen LogP) is 8.68. The van der Waals surface area contributed by atoms with Crippen LogP contribution >= 0.6 is 12.0 Å². The Hall–Kier alpha value is -0.440. The van der Waals surface area contributed by atoms with E-state index in [1.54, 1.807) is 0 Å². The molecule has 9 atom stereocenters. The fourth-order valence-electron chi connectivity index (χ4n) is 9.66. The first kappa shape index (κ1) is 29.5. The van der Waals surface area contributed by atoms with Gasteiger partial charge in [-0.2, -0.15) is 8.78 Å². The lowest BCUT2D eigenvalue weighted by Gasteiger charge is -2.61. The Morgan fingerprint density at radius 3 is 2.41 bits per heavy atom. The third-order valence-corrected chi connectivity index (χ3v) is 12.0.